The highest BCUT2D eigenvalue weighted by Gasteiger charge is 2.17. The summed E-state index contributed by atoms with van der Waals surface area (Å²) in [5, 5.41) is 7.52. The molecule has 160 valence electrons. The SMILES string of the molecule is Cc1sc2nc(CSC(C)C(=O)NCc3cccnc3-n3cccn3)[nH]c(=O)c2c1C. The lowest BCUT2D eigenvalue weighted by atomic mass is 10.2. The van der Waals surface area contributed by atoms with Gasteiger partial charge in [-0.15, -0.1) is 23.1 Å². The monoisotopic (exact) mass is 454 g/mol. The van der Waals surface area contributed by atoms with Gasteiger partial charge in [0.15, 0.2) is 5.82 Å². The van der Waals surface area contributed by atoms with E-state index in [4.69, 9.17) is 0 Å². The molecule has 0 bridgehead atoms. The van der Waals surface area contributed by atoms with Crippen molar-refractivity contribution in [1.82, 2.24) is 30.0 Å². The molecule has 4 heterocycles. The molecule has 0 fully saturated rings. The molecule has 0 radical (unpaired) electrons. The van der Waals surface area contributed by atoms with Crippen molar-refractivity contribution in [3.05, 3.63) is 69.0 Å². The number of rotatable bonds is 7. The molecule has 0 aromatic carbocycles. The first kappa shape index (κ1) is 21.3. The van der Waals surface area contributed by atoms with E-state index in [9.17, 15) is 9.59 Å². The number of hydrogen-bond donors (Lipinski definition) is 2. The summed E-state index contributed by atoms with van der Waals surface area (Å²) < 4.78 is 1.67. The van der Waals surface area contributed by atoms with Gasteiger partial charge in [0.2, 0.25) is 5.91 Å². The summed E-state index contributed by atoms with van der Waals surface area (Å²) >= 11 is 2.95. The second-order valence-electron chi connectivity index (χ2n) is 7.08. The molecule has 0 aliphatic heterocycles. The quantitative estimate of drug-likeness (QED) is 0.444. The van der Waals surface area contributed by atoms with Crippen molar-refractivity contribution >= 4 is 39.2 Å². The van der Waals surface area contributed by atoms with Crippen LogP contribution in [-0.4, -0.2) is 35.9 Å². The van der Waals surface area contributed by atoms with Gasteiger partial charge in [0.1, 0.15) is 10.7 Å². The van der Waals surface area contributed by atoms with Crippen molar-refractivity contribution in [2.45, 2.75) is 38.3 Å². The topological polar surface area (TPSA) is 106 Å². The van der Waals surface area contributed by atoms with E-state index in [0.29, 0.717) is 29.3 Å². The Morgan fingerprint density at radius 3 is 2.94 bits per heavy atom. The predicted octanol–water partition coefficient (Wildman–Crippen LogP) is 3.12. The van der Waals surface area contributed by atoms with E-state index in [1.807, 2.05) is 45.2 Å². The average molecular weight is 455 g/mol. The molecule has 0 saturated carbocycles. The number of carbonyl (C=O) groups is 1. The van der Waals surface area contributed by atoms with Gasteiger partial charge in [-0.2, -0.15) is 5.10 Å². The van der Waals surface area contributed by atoms with Crippen molar-refractivity contribution < 1.29 is 4.79 Å². The second kappa shape index (κ2) is 9.03. The van der Waals surface area contributed by atoms with Crippen LogP contribution < -0.4 is 10.9 Å². The number of nitrogens with one attached hydrogen (secondary N) is 2. The summed E-state index contributed by atoms with van der Waals surface area (Å²) in [5.74, 6) is 1.62. The number of fused-ring (bicyclic) bond motifs is 1. The summed E-state index contributed by atoms with van der Waals surface area (Å²) in [7, 11) is 0. The number of thiophene rings is 1. The Labute approximate surface area is 187 Å². The van der Waals surface area contributed by atoms with Crippen molar-refractivity contribution in [2.75, 3.05) is 0 Å². The summed E-state index contributed by atoms with van der Waals surface area (Å²) in [6.07, 6.45) is 5.19. The third-order valence-corrected chi connectivity index (χ3v) is 7.22. The van der Waals surface area contributed by atoms with Gasteiger partial charge in [0, 0.05) is 35.6 Å². The van der Waals surface area contributed by atoms with Crippen LogP contribution in [0.2, 0.25) is 0 Å². The fraction of sp³-hybridized carbons (Fsp3) is 0.286. The fourth-order valence-electron chi connectivity index (χ4n) is 3.14. The van der Waals surface area contributed by atoms with Gasteiger partial charge in [-0.25, -0.2) is 14.6 Å². The fourth-order valence-corrected chi connectivity index (χ4v) is 4.97. The van der Waals surface area contributed by atoms with Crippen molar-refractivity contribution in [1.29, 1.82) is 0 Å². The lowest BCUT2D eigenvalue weighted by Gasteiger charge is -2.13. The molecule has 2 N–H and O–H groups in total. The van der Waals surface area contributed by atoms with Crippen molar-refractivity contribution in [2.24, 2.45) is 0 Å². The number of H-pyrrole nitrogens is 1. The molecule has 4 rings (SSSR count). The molecule has 1 amide bonds. The maximum atomic E-state index is 12.6. The van der Waals surface area contributed by atoms with Gasteiger partial charge in [0.05, 0.1) is 16.4 Å². The largest absolute Gasteiger partial charge is 0.351 e. The van der Waals surface area contributed by atoms with Crippen LogP contribution in [0.25, 0.3) is 16.0 Å². The minimum absolute atomic E-state index is 0.0912. The number of carbonyl (C=O) groups excluding carboxylic acids is 1. The predicted molar refractivity (Wildman–Crippen MR) is 124 cm³/mol. The Morgan fingerprint density at radius 1 is 1.32 bits per heavy atom. The number of hydrogen-bond acceptors (Lipinski definition) is 7. The summed E-state index contributed by atoms with van der Waals surface area (Å²) in [6.45, 7) is 6.11. The van der Waals surface area contributed by atoms with E-state index >= 15 is 0 Å². The molecule has 1 atom stereocenters. The molecule has 0 aliphatic carbocycles. The first-order valence-electron chi connectivity index (χ1n) is 9.76. The van der Waals surface area contributed by atoms with E-state index < -0.39 is 0 Å². The number of aryl methyl sites for hydroxylation is 2. The van der Waals surface area contributed by atoms with Crippen LogP contribution in [0.5, 0.6) is 0 Å². The number of pyridine rings is 1. The molecular weight excluding hydrogens is 432 g/mol. The highest BCUT2D eigenvalue weighted by Crippen LogP contribution is 2.26. The van der Waals surface area contributed by atoms with Crippen LogP contribution >= 0.6 is 23.1 Å². The lowest BCUT2D eigenvalue weighted by Crippen LogP contribution is -2.31. The zero-order chi connectivity index (χ0) is 22.0. The average Bonchev–Trinajstić information content (AvgIpc) is 3.39. The van der Waals surface area contributed by atoms with Gasteiger partial charge in [0.25, 0.3) is 5.56 Å². The number of amides is 1. The molecular formula is C21H22N6O2S2. The minimum Gasteiger partial charge on any atom is -0.351 e. The number of aromatic nitrogens is 5. The third-order valence-electron chi connectivity index (χ3n) is 4.97. The molecule has 0 saturated heterocycles. The number of aromatic amines is 1. The molecule has 0 aliphatic rings. The van der Waals surface area contributed by atoms with E-state index in [1.54, 1.807) is 17.1 Å². The van der Waals surface area contributed by atoms with E-state index in [1.165, 1.54) is 23.1 Å². The normalized spacial score (nSPS) is 12.2. The van der Waals surface area contributed by atoms with Crippen molar-refractivity contribution in [3.63, 3.8) is 0 Å². The molecule has 4 aromatic heterocycles. The number of thioether (sulfide) groups is 1. The summed E-state index contributed by atoms with van der Waals surface area (Å²) in [4.78, 5) is 38.6. The molecule has 10 heteroatoms. The molecule has 8 nitrogen and oxygen atoms in total. The van der Waals surface area contributed by atoms with Gasteiger partial charge in [-0.05, 0) is 38.5 Å². The Bertz CT molecular complexity index is 1280. The van der Waals surface area contributed by atoms with Gasteiger partial charge in [-0.3, -0.25) is 9.59 Å². The van der Waals surface area contributed by atoms with Crippen LogP contribution in [0.1, 0.15) is 28.8 Å². The third kappa shape index (κ3) is 4.54. The highest BCUT2D eigenvalue weighted by molar-refractivity contribution is 7.99. The maximum absolute atomic E-state index is 12.6. The molecule has 0 spiro atoms. The van der Waals surface area contributed by atoms with Gasteiger partial charge >= 0.3 is 0 Å². The summed E-state index contributed by atoms with van der Waals surface area (Å²) in [5.41, 5.74) is 1.73. The minimum atomic E-state index is -0.308. The zero-order valence-electron chi connectivity index (χ0n) is 17.4. The molecule has 31 heavy (non-hydrogen) atoms. The zero-order valence-corrected chi connectivity index (χ0v) is 19.0. The molecule has 1 unspecified atom stereocenters. The van der Waals surface area contributed by atoms with Crippen LogP contribution in [0.15, 0.2) is 41.6 Å². The Kier molecular flexibility index (Phi) is 6.19. The Balaban J connectivity index is 1.38. The first-order chi connectivity index (χ1) is 14.9. The van der Waals surface area contributed by atoms with Gasteiger partial charge in [-0.1, -0.05) is 6.07 Å². The van der Waals surface area contributed by atoms with Crippen LogP contribution in [0.3, 0.4) is 0 Å². The lowest BCUT2D eigenvalue weighted by molar-refractivity contribution is -0.120. The number of nitrogens with zero attached hydrogens (tertiary/aromatic N) is 4. The van der Waals surface area contributed by atoms with Crippen LogP contribution in [0, 0.1) is 13.8 Å². The van der Waals surface area contributed by atoms with E-state index in [-0.39, 0.29) is 16.7 Å². The first-order valence-corrected chi connectivity index (χ1v) is 11.6. The van der Waals surface area contributed by atoms with E-state index in [2.05, 4.69) is 25.4 Å². The summed E-state index contributed by atoms with van der Waals surface area (Å²) in [6, 6.07) is 5.57. The maximum Gasteiger partial charge on any atom is 0.259 e. The Hall–Kier alpha value is -2.98. The van der Waals surface area contributed by atoms with Crippen LogP contribution in [-0.2, 0) is 17.1 Å². The van der Waals surface area contributed by atoms with Gasteiger partial charge < -0.3 is 10.3 Å². The van der Waals surface area contributed by atoms with Crippen LogP contribution in [0.4, 0.5) is 0 Å². The highest BCUT2D eigenvalue weighted by atomic mass is 32.2. The smallest absolute Gasteiger partial charge is 0.259 e. The van der Waals surface area contributed by atoms with E-state index in [0.717, 1.165) is 20.8 Å². The van der Waals surface area contributed by atoms with Crippen molar-refractivity contribution in [3.8, 4) is 5.82 Å². The molecule has 4 aromatic rings. The standard InChI is InChI=1S/C21H22N6O2S2/c1-12-13(2)31-21-17(12)20(29)25-16(26-21)11-30-14(3)19(28)23-10-15-6-4-7-22-18(15)27-9-5-8-24-27/h4-9,14H,10-11H2,1-3H3,(H,23,28)(H,25,26,29). The Morgan fingerprint density at radius 2 is 2.16 bits per heavy atom. The second-order valence-corrected chi connectivity index (χ2v) is 9.62.